The van der Waals surface area contributed by atoms with Gasteiger partial charge in [-0.2, -0.15) is 15.8 Å². The molecule has 2 aromatic rings. The van der Waals surface area contributed by atoms with Crippen LogP contribution in [0.5, 0.6) is 0 Å². The van der Waals surface area contributed by atoms with Crippen LogP contribution in [0.4, 0.5) is 5.69 Å². The topological polar surface area (TPSA) is 117 Å². The van der Waals surface area contributed by atoms with Crippen LogP contribution in [0.2, 0.25) is 0 Å². The van der Waals surface area contributed by atoms with Crippen LogP contribution in [0.15, 0.2) is 24.3 Å². The molecule has 1 amide bonds. The number of carbonyl (C=O) groups is 1. The molecule has 0 radical (unpaired) electrons. The first-order valence-corrected chi connectivity index (χ1v) is 6.96. The van der Waals surface area contributed by atoms with Crippen molar-refractivity contribution in [2.75, 3.05) is 4.90 Å². The fourth-order valence-corrected chi connectivity index (χ4v) is 2.11. The standard InChI is InChI=1S/C17H12N6O/c1-11-17(22-16(9-20)15(8-19)21-11)10-23(12(2)24)14-5-3-13(7-18)4-6-14/h3-6H,10H2,1-2H3. The molecule has 0 aliphatic carbocycles. The minimum atomic E-state index is -0.219. The number of nitrogens with zero attached hydrogens (tertiary/aromatic N) is 6. The van der Waals surface area contributed by atoms with Crippen LogP contribution < -0.4 is 4.90 Å². The highest BCUT2D eigenvalue weighted by molar-refractivity contribution is 5.91. The molecule has 7 nitrogen and oxygen atoms in total. The summed E-state index contributed by atoms with van der Waals surface area (Å²) in [7, 11) is 0. The van der Waals surface area contributed by atoms with Gasteiger partial charge in [0.05, 0.1) is 29.6 Å². The third-order valence-electron chi connectivity index (χ3n) is 3.38. The SMILES string of the molecule is CC(=O)N(Cc1nc(C#N)c(C#N)nc1C)c1ccc(C#N)cc1. The third kappa shape index (κ3) is 3.35. The van der Waals surface area contributed by atoms with Crippen LogP contribution in [0.1, 0.15) is 35.3 Å². The van der Waals surface area contributed by atoms with Crippen LogP contribution in [0.25, 0.3) is 0 Å². The molecule has 1 aromatic heterocycles. The lowest BCUT2D eigenvalue weighted by Crippen LogP contribution is -2.29. The van der Waals surface area contributed by atoms with E-state index in [1.807, 2.05) is 18.2 Å². The Morgan fingerprint density at radius 1 is 1.04 bits per heavy atom. The molecular weight excluding hydrogens is 304 g/mol. The van der Waals surface area contributed by atoms with Crippen molar-refractivity contribution < 1.29 is 4.79 Å². The lowest BCUT2D eigenvalue weighted by Gasteiger charge is -2.21. The summed E-state index contributed by atoms with van der Waals surface area (Å²) in [5.41, 5.74) is 1.90. The Morgan fingerprint density at radius 2 is 1.62 bits per heavy atom. The molecular formula is C17H12N6O. The predicted molar refractivity (Wildman–Crippen MR) is 84.2 cm³/mol. The Hall–Kier alpha value is -3.76. The molecule has 0 aliphatic rings. The molecule has 116 valence electrons. The van der Waals surface area contributed by atoms with Crippen LogP contribution in [0.3, 0.4) is 0 Å². The molecule has 2 rings (SSSR count). The van der Waals surface area contributed by atoms with Crippen molar-refractivity contribution in [2.24, 2.45) is 0 Å². The van der Waals surface area contributed by atoms with Gasteiger partial charge in [0.25, 0.3) is 0 Å². The molecule has 0 spiro atoms. The number of anilines is 1. The number of benzene rings is 1. The summed E-state index contributed by atoms with van der Waals surface area (Å²) >= 11 is 0. The maximum Gasteiger partial charge on any atom is 0.224 e. The monoisotopic (exact) mass is 316 g/mol. The molecule has 0 bridgehead atoms. The maximum absolute atomic E-state index is 12.0. The summed E-state index contributed by atoms with van der Waals surface area (Å²) in [5, 5.41) is 26.9. The van der Waals surface area contributed by atoms with Gasteiger partial charge in [0, 0.05) is 12.6 Å². The summed E-state index contributed by atoms with van der Waals surface area (Å²) < 4.78 is 0. The average molecular weight is 316 g/mol. The van der Waals surface area contributed by atoms with Gasteiger partial charge >= 0.3 is 0 Å². The highest BCUT2D eigenvalue weighted by Crippen LogP contribution is 2.19. The lowest BCUT2D eigenvalue weighted by molar-refractivity contribution is -0.116. The Bertz CT molecular complexity index is 912. The number of carbonyl (C=O) groups excluding carboxylic acids is 1. The fraction of sp³-hybridized carbons (Fsp3) is 0.176. The van der Waals surface area contributed by atoms with Crippen molar-refractivity contribution in [3.05, 3.63) is 52.6 Å². The lowest BCUT2D eigenvalue weighted by atomic mass is 10.2. The van der Waals surface area contributed by atoms with Gasteiger partial charge in [0.15, 0.2) is 11.4 Å². The Balaban J connectivity index is 2.42. The largest absolute Gasteiger partial charge is 0.307 e. The van der Waals surface area contributed by atoms with Crippen LogP contribution >= 0.6 is 0 Å². The number of nitriles is 3. The summed E-state index contributed by atoms with van der Waals surface area (Å²) in [6.45, 7) is 3.19. The third-order valence-corrected chi connectivity index (χ3v) is 3.38. The van der Waals surface area contributed by atoms with Gasteiger partial charge in [-0.1, -0.05) is 0 Å². The Morgan fingerprint density at radius 3 is 2.12 bits per heavy atom. The van der Waals surface area contributed by atoms with Gasteiger partial charge in [-0.05, 0) is 31.2 Å². The number of rotatable bonds is 3. The number of aryl methyl sites for hydroxylation is 1. The molecule has 0 N–H and O–H groups in total. The average Bonchev–Trinajstić information content (AvgIpc) is 2.60. The molecule has 0 atom stereocenters. The summed E-state index contributed by atoms with van der Waals surface area (Å²) in [6.07, 6.45) is 0. The van der Waals surface area contributed by atoms with E-state index >= 15 is 0 Å². The highest BCUT2D eigenvalue weighted by atomic mass is 16.2. The van der Waals surface area contributed by atoms with Crippen LogP contribution in [-0.4, -0.2) is 15.9 Å². The molecule has 0 fully saturated rings. The van der Waals surface area contributed by atoms with Crippen molar-refractivity contribution in [1.82, 2.24) is 9.97 Å². The molecule has 7 heteroatoms. The highest BCUT2D eigenvalue weighted by Gasteiger charge is 2.17. The van der Waals surface area contributed by atoms with Gasteiger partial charge < -0.3 is 4.90 Å². The quantitative estimate of drug-likeness (QED) is 0.854. The van der Waals surface area contributed by atoms with E-state index in [9.17, 15) is 4.79 Å². The molecule has 24 heavy (non-hydrogen) atoms. The van der Waals surface area contributed by atoms with E-state index in [0.717, 1.165) is 0 Å². The van der Waals surface area contributed by atoms with E-state index in [2.05, 4.69) is 9.97 Å². The number of amides is 1. The van der Waals surface area contributed by atoms with E-state index in [0.29, 0.717) is 22.6 Å². The molecule has 0 unspecified atom stereocenters. The maximum atomic E-state index is 12.0. The summed E-state index contributed by atoms with van der Waals surface area (Å²) in [5.74, 6) is -0.219. The second-order valence-corrected chi connectivity index (χ2v) is 4.94. The molecule has 1 heterocycles. The summed E-state index contributed by atoms with van der Waals surface area (Å²) in [6, 6.07) is 12.2. The fourth-order valence-electron chi connectivity index (χ4n) is 2.11. The predicted octanol–water partition coefficient (Wildman–Crippen LogP) is 1.95. The molecule has 1 aromatic carbocycles. The van der Waals surface area contributed by atoms with Gasteiger partial charge in [-0.15, -0.1) is 0 Å². The first-order valence-electron chi connectivity index (χ1n) is 6.96. The Labute approximate surface area is 139 Å². The molecule has 0 saturated heterocycles. The first kappa shape index (κ1) is 16.6. The van der Waals surface area contributed by atoms with Crippen LogP contribution in [-0.2, 0) is 11.3 Å². The van der Waals surface area contributed by atoms with Crippen molar-refractivity contribution in [2.45, 2.75) is 20.4 Å². The van der Waals surface area contributed by atoms with E-state index in [1.165, 1.54) is 11.8 Å². The second-order valence-electron chi connectivity index (χ2n) is 4.94. The van der Waals surface area contributed by atoms with Crippen molar-refractivity contribution in [3.8, 4) is 18.2 Å². The minimum absolute atomic E-state index is 0.0356. The van der Waals surface area contributed by atoms with Crippen molar-refractivity contribution >= 4 is 11.6 Å². The van der Waals surface area contributed by atoms with Crippen LogP contribution in [0, 0.1) is 40.9 Å². The zero-order valence-corrected chi connectivity index (χ0v) is 13.1. The molecule has 0 aliphatic heterocycles. The van der Waals surface area contributed by atoms with E-state index in [1.54, 1.807) is 31.2 Å². The number of hydrogen-bond donors (Lipinski definition) is 0. The number of aromatic nitrogens is 2. The van der Waals surface area contributed by atoms with E-state index in [-0.39, 0.29) is 23.8 Å². The molecule has 0 saturated carbocycles. The number of hydrogen-bond acceptors (Lipinski definition) is 6. The van der Waals surface area contributed by atoms with E-state index in [4.69, 9.17) is 15.8 Å². The minimum Gasteiger partial charge on any atom is -0.307 e. The van der Waals surface area contributed by atoms with Gasteiger partial charge in [0.2, 0.25) is 5.91 Å². The smallest absolute Gasteiger partial charge is 0.224 e. The van der Waals surface area contributed by atoms with Gasteiger partial charge in [-0.25, -0.2) is 9.97 Å². The van der Waals surface area contributed by atoms with E-state index < -0.39 is 0 Å². The van der Waals surface area contributed by atoms with Gasteiger partial charge in [0.1, 0.15) is 12.1 Å². The Kier molecular flexibility index (Phi) is 4.84. The second kappa shape index (κ2) is 7.00. The first-order chi connectivity index (χ1) is 11.5. The zero-order chi connectivity index (χ0) is 17.7. The van der Waals surface area contributed by atoms with Crippen molar-refractivity contribution in [3.63, 3.8) is 0 Å². The normalized spacial score (nSPS) is 9.46. The zero-order valence-electron chi connectivity index (χ0n) is 13.1. The summed E-state index contributed by atoms with van der Waals surface area (Å²) in [4.78, 5) is 21.7. The van der Waals surface area contributed by atoms with Gasteiger partial charge in [-0.3, -0.25) is 4.79 Å². The van der Waals surface area contributed by atoms with Crippen molar-refractivity contribution in [1.29, 1.82) is 15.8 Å².